The molecule has 0 radical (unpaired) electrons. The zero-order valence-corrected chi connectivity index (χ0v) is 16.6. The number of nitrogens with zero attached hydrogens (tertiary/aromatic N) is 3. The Morgan fingerprint density at radius 2 is 1.81 bits per heavy atom. The minimum atomic E-state index is -3.22. The molecule has 1 saturated heterocycles. The summed E-state index contributed by atoms with van der Waals surface area (Å²) >= 11 is 0. The molecule has 0 saturated carbocycles. The molecule has 0 aliphatic carbocycles. The number of hydrogen-bond donors (Lipinski definition) is 1. The Kier molecular flexibility index (Phi) is 6.95. The SMILES string of the molecule is CCS(=O)(=O)NC[C@@H](c1cccnc1)N1CCN(Cc2ccccc2)CC1. The van der Waals surface area contributed by atoms with E-state index < -0.39 is 10.0 Å². The molecule has 0 amide bonds. The van der Waals surface area contributed by atoms with Crippen molar-refractivity contribution in [3.8, 4) is 0 Å². The highest BCUT2D eigenvalue weighted by molar-refractivity contribution is 7.89. The summed E-state index contributed by atoms with van der Waals surface area (Å²) in [5.74, 6) is 0.0949. The summed E-state index contributed by atoms with van der Waals surface area (Å²) in [5, 5.41) is 0. The molecule has 146 valence electrons. The van der Waals surface area contributed by atoms with E-state index in [4.69, 9.17) is 0 Å². The van der Waals surface area contributed by atoms with Gasteiger partial charge in [-0.15, -0.1) is 0 Å². The van der Waals surface area contributed by atoms with Crippen molar-refractivity contribution in [2.45, 2.75) is 19.5 Å². The maximum absolute atomic E-state index is 11.9. The molecule has 1 aromatic heterocycles. The van der Waals surface area contributed by atoms with Crippen LogP contribution in [0.1, 0.15) is 24.1 Å². The smallest absolute Gasteiger partial charge is 0.211 e. The third-order valence-corrected chi connectivity index (χ3v) is 6.41. The Labute approximate surface area is 162 Å². The van der Waals surface area contributed by atoms with Crippen molar-refractivity contribution in [1.29, 1.82) is 0 Å². The Bertz CT molecular complexity index is 791. The number of hydrogen-bond acceptors (Lipinski definition) is 5. The second-order valence-corrected chi connectivity index (χ2v) is 8.95. The van der Waals surface area contributed by atoms with E-state index in [0.717, 1.165) is 38.3 Å². The highest BCUT2D eigenvalue weighted by Gasteiger charge is 2.26. The number of sulfonamides is 1. The highest BCUT2D eigenvalue weighted by atomic mass is 32.2. The lowest BCUT2D eigenvalue weighted by atomic mass is 10.1. The van der Waals surface area contributed by atoms with Gasteiger partial charge >= 0.3 is 0 Å². The third-order valence-electron chi connectivity index (χ3n) is 5.04. The summed E-state index contributed by atoms with van der Waals surface area (Å²) < 4.78 is 26.6. The molecule has 1 aliphatic rings. The fourth-order valence-electron chi connectivity index (χ4n) is 3.41. The molecule has 1 fully saturated rings. The van der Waals surface area contributed by atoms with Crippen LogP contribution in [0.4, 0.5) is 0 Å². The first-order chi connectivity index (χ1) is 13.1. The topological polar surface area (TPSA) is 65.5 Å². The monoisotopic (exact) mass is 388 g/mol. The Hall–Kier alpha value is -1.80. The van der Waals surface area contributed by atoms with E-state index in [-0.39, 0.29) is 11.8 Å². The minimum Gasteiger partial charge on any atom is -0.297 e. The van der Waals surface area contributed by atoms with Gasteiger partial charge in [0.1, 0.15) is 0 Å². The lowest BCUT2D eigenvalue weighted by Crippen LogP contribution is -2.49. The molecule has 7 heteroatoms. The van der Waals surface area contributed by atoms with Crippen molar-refractivity contribution in [2.75, 3.05) is 38.5 Å². The van der Waals surface area contributed by atoms with Gasteiger partial charge in [0.15, 0.2) is 0 Å². The second kappa shape index (κ2) is 9.41. The van der Waals surface area contributed by atoms with Crippen LogP contribution in [0.3, 0.4) is 0 Å². The van der Waals surface area contributed by atoms with Gasteiger partial charge in [0.05, 0.1) is 5.75 Å². The van der Waals surface area contributed by atoms with Gasteiger partial charge in [-0.05, 0) is 24.1 Å². The van der Waals surface area contributed by atoms with Gasteiger partial charge in [0, 0.05) is 57.7 Å². The van der Waals surface area contributed by atoms with Gasteiger partial charge < -0.3 is 0 Å². The largest absolute Gasteiger partial charge is 0.297 e. The van der Waals surface area contributed by atoms with E-state index in [0.29, 0.717) is 6.54 Å². The quantitative estimate of drug-likeness (QED) is 0.748. The summed E-state index contributed by atoms with van der Waals surface area (Å²) in [6.07, 6.45) is 3.58. The van der Waals surface area contributed by atoms with E-state index in [1.54, 1.807) is 13.1 Å². The van der Waals surface area contributed by atoms with Crippen molar-refractivity contribution in [2.24, 2.45) is 0 Å². The molecule has 3 rings (SSSR count). The molecule has 27 heavy (non-hydrogen) atoms. The molecular weight excluding hydrogens is 360 g/mol. The summed E-state index contributed by atoms with van der Waals surface area (Å²) in [7, 11) is -3.22. The molecule has 2 heterocycles. The van der Waals surface area contributed by atoms with Gasteiger partial charge in [0.25, 0.3) is 0 Å². The van der Waals surface area contributed by atoms with Crippen LogP contribution in [-0.2, 0) is 16.6 Å². The number of benzene rings is 1. The predicted molar refractivity (Wildman–Crippen MR) is 108 cm³/mol. The maximum atomic E-state index is 11.9. The van der Waals surface area contributed by atoms with Crippen molar-refractivity contribution < 1.29 is 8.42 Å². The van der Waals surface area contributed by atoms with Gasteiger partial charge in [-0.25, -0.2) is 13.1 Å². The fraction of sp³-hybridized carbons (Fsp3) is 0.450. The number of rotatable bonds is 8. The van der Waals surface area contributed by atoms with Crippen LogP contribution in [-0.4, -0.2) is 61.7 Å². The van der Waals surface area contributed by atoms with Crippen LogP contribution in [0.2, 0.25) is 0 Å². The van der Waals surface area contributed by atoms with E-state index in [2.05, 4.69) is 43.8 Å². The van der Waals surface area contributed by atoms with E-state index in [9.17, 15) is 8.42 Å². The van der Waals surface area contributed by atoms with Crippen LogP contribution in [0.5, 0.6) is 0 Å². The number of aromatic nitrogens is 1. The van der Waals surface area contributed by atoms with Gasteiger partial charge in [-0.1, -0.05) is 36.4 Å². The lowest BCUT2D eigenvalue weighted by Gasteiger charge is -2.39. The number of pyridine rings is 1. The van der Waals surface area contributed by atoms with Crippen molar-refractivity contribution in [3.63, 3.8) is 0 Å². The molecule has 0 bridgehead atoms. The summed E-state index contributed by atoms with van der Waals surface area (Å²) in [6.45, 7) is 6.72. The normalized spacial score (nSPS) is 17.7. The molecule has 0 unspecified atom stereocenters. The maximum Gasteiger partial charge on any atom is 0.211 e. The van der Waals surface area contributed by atoms with E-state index >= 15 is 0 Å². The van der Waals surface area contributed by atoms with Gasteiger partial charge in [0.2, 0.25) is 10.0 Å². The summed E-state index contributed by atoms with van der Waals surface area (Å²) in [5.41, 5.74) is 2.37. The van der Waals surface area contributed by atoms with E-state index in [1.165, 1.54) is 5.56 Å². The third kappa shape index (κ3) is 5.84. The van der Waals surface area contributed by atoms with E-state index in [1.807, 2.05) is 24.4 Å². The first-order valence-electron chi connectivity index (χ1n) is 9.45. The molecule has 6 nitrogen and oxygen atoms in total. The van der Waals surface area contributed by atoms with Crippen molar-refractivity contribution in [3.05, 3.63) is 66.0 Å². The van der Waals surface area contributed by atoms with Gasteiger partial charge in [-0.3, -0.25) is 14.8 Å². The van der Waals surface area contributed by atoms with Crippen molar-refractivity contribution >= 4 is 10.0 Å². The fourth-order valence-corrected chi connectivity index (χ4v) is 4.03. The standard InChI is InChI=1S/C20H28N4O2S/c1-2-27(25,26)22-16-20(19-9-6-10-21-15-19)24-13-11-23(12-14-24)17-18-7-4-3-5-8-18/h3-10,15,20,22H,2,11-14,16-17H2,1H3/t20-/m0/s1. The number of nitrogens with one attached hydrogen (secondary N) is 1. The molecular formula is C20H28N4O2S. The van der Waals surface area contributed by atoms with Crippen LogP contribution < -0.4 is 4.72 Å². The second-order valence-electron chi connectivity index (χ2n) is 6.85. The Morgan fingerprint density at radius 3 is 2.44 bits per heavy atom. The molecule has 1 N–H and O–H groups in total. The van der Waals surface area contributed by atoms with Crippen molar-refractivity contribution in [1.82, 2.24) is 19.5 Å². The minimum absolute atomic E-state index is 0.00102. The Morgan fingerprint density at radius 1 is 1.07 bits per heavy atom. The van der Waals surface area contributed by atoms with Crippen LogP contribution >= 0.6 is 0 Å². The number of piperazine rings is 1. The van der Waals surface area contributed by atoms with Crippen LogP contribution in [0.15, 0.2) is 54.9 Å². The predicted octanol–water partition coefficient (Wildman–Crippen LogP) is 1.88. The zero-order valence-electron chi connectivity index (χ0n) is 15.8. The molecule has 1 atom stereocenters. The Balaban J connectivity index is 1.63. The highest BCUT2D eigenvalue weighted by Crippen LogP contribution is 2.22. The molecule has 0 spiro atoms. The summed E-state index contributed by atoms with van der Waals surface area (Å²) in [4.78, 5) is 9.03. The van der Waals surface area contributed by atoms with Gasteiger partial charge in [-0.2, -0.15) is 0 Å². The first-order valence-corrected chi connectivity index (χ1v) is 11.1. The van der Waals surface area contributed by atoms with Crippen LogP contribution in [0, 0.1) is 0 Å². The zero-order chi connectivity index (χ0) is 19.1. The summed E-state index contributed by atoms with van der Waals surface area (Å²) in [6, 6.07) is 14.4. The average molecular weight is 389 g/mol. The molecule has 1 aromatic carbocycles. The lowest BCUT2D eigenvalue weighted by molar-refractivity contribution is 0.0927. The average Bonchev–Trinajstić information content (AvgIpc) is 2.71. The molecule has 2 aromatic rings. The van der Waals surface area contributed by atoms with Crippen LogP contribution in [0.25, 0.3) is 0 Å². The first kappa shape index (κ1) is 19.9. The molecule has 1 aliphatic heterocycles.